The minimum absolute atomic E-state index is 0.00237. The van der Waals surface area contributed by atoms with Crippen LogP contribution in [0.3, 0.4) is 0 Å². The summed E-state index contributed by atoms with van der Waals surface area (Å²) in [5.74, 6) is -14.4. The average Bonchev–Trinajstić information content (AvgIpc) is 1.69. The summed E-state index contributed by atoms with van der Waals surface area (Å²) in [6.07, 6.45) is -4.02. The molecule has 0 aromatic heterocycles. The minimum atomic E-state index is -2.17. The quantitative estimate of drug-likeness (QED) is 0.0473. The van der Waals surface area contributed by atoms with Crippen molar-refractivity contribution in [2.75, 3.05) is 7.11 Å². The number of carbonyl (C=O) groups excluding carboxylic acids is 7. The normalized spacial score (nSPS) is 22.3. The third-order valence-corrected chi connectivity index (χ3v) is 15.1. The molecule has 7 aromatic carbocycles. The van der Waals surface area contributed by atoms with Crippen molar-refractivity contribution in [3.05, 3.63) is 176 Å². The van der Waals surface area contributed by atoms with E-state index in [4.69, 9.17) is 18.9 Å². The number of methoxy groups -OCH3 is 1. The van der Waals surface area contributed by atoms with E-state index in [0.717, 1.165) is 67.8 Å². The lowest BCUT2D eigenvalue weighted by atomic mass is 9.89. The highest BCUT2D eigenvalue weighted by Crippen LogP contribution is 2.47. The smallest absolute Gasteiger partial charge is 0.333 e. The summed E-state index contributed by atoms with van der Waals surface area (Å²) in [7, 11) is 0.968. The third-order valence-electron chi connectivity index (χ3n) is 15.1. The fourth-order valence-corrected chi connectivity index (χ4v) is 10.5. The third kappa shape index (κ3) is 10.9. The lowest BCUT2D eigenvalue weighted by molar-refractivity contribution is -0.146. The molecule has 0 fully saturated rings. The predicted molar refractivity (Wildman–Crippen MR) is 300 cm³/mol. The number of phenolic OH excluding ortho intramolecular Hbond substituents is 6. The Morgan fingerprint density at radius 1 is 0.500 bits per heavy atom. The van der Waals surface area contributed by atoms with Crippen molar-refractivity contribution in [3.8, 4) is 80.1 Å². The van der Waals surface area contributed by atoms with E-state index < -0.39 is 147 Å². The molecule has 6 amide bonds. The summed E-state index contributed by atoms with van der Waals surface area (Å²) in [4.78, 5) is 107. The maximum Gasteiger partial charge on any atom is 0.333 e. The minimum Gasteiger partial charge on any atom is -0.508 e. The Morgan fingerprint density at radius 3 is 1.58 bits per heavy atom. The van der Waals surface area contributed by atoms with Crippen LogP contribution in [0.1, 0.15) is 86.9 Å². The Hall–Kier alpha value is -11.7. The highest BCUT2D eigenvalue weighted by atomic mass is 16.5. The molecule has 1 unspecified atom stereocenters. The zero-order valence-corrected chi connectivity index (χ0v) is 45.7. The Morgan fingerprint density at radius 2 is 0.989 bits per heavy atom. The molecule has 9 atom stereocenters. The summed E-state index contributed by atoms with van der Waals surface area (Å²) >= 11 is 0. The average molecular weight is 1200 g/mol. The molecule has 0 spiro atoms. The molecule has 448 valence electrons. The molecule has 28 heteroatoms. The number of amides is 6. The van der Waals surface area contributed by atoms with Crippen LogP contribution in [0.5, 0.6) is 69.0 Å². The number of nitrogens with zero attached hydrogens (tertiary/aromatic N) is 3. The molecule has 6 aliphatic heterocycles. The second kappa shape index (κ2) is 23.0. The maximum atomic E-state index is 15.7. The number of rotatable bonds is 2. The second-order valence-corrected chi connectivity index (χ2v) is 20.7. The van der Waals surface area contributed by atoms with Gasteiger partial charge in [-0.25, -0.2) is 4.79 Å². The van der Waals surface area contributed by atoms with Crippen LogP contribution >= 0.6 is 0 Å². The molecular formula is C60H49N9O19. The number of phenols is 6. The van der Waals surface area contributed by atoms with Gasteiger partial charge in [0.1, 0.15) is 88.7 Å². The number of aliphatic hydroxyl groups is 2. The molecule has 13 rings (SSSR count). The molecule has 0 aliphatic carbocycles. The highest BCUT2D eigenvalue weighted by molar-refractivity contribution is 6.00. The topological polar surface area (TPSA) is 439 Å². The van der Waals surface area contributed by atoms with Crippen LogP contribution in [0.15, 0.2) is 126 Å². The standard InChI is InChI=1S/C60H49N9O19/c1-23-37(73)16-28-18-39(23)88-40-17-27(8-14-36(40)72)47(68-69-61)57(81)67-49-51(75)24-3-9-31(10-4-24)86-41-19-29-20-42(53(41)77)87-32-11-5-25(6-12-32)52(76)50-59(83)65-48(60(84)85-2)34-21-30(70)22-38(74)43(34)33-15-26(7-13-35(33)71)44(54(78)66-50)62-56(80)46(29)63-55(79)45(28)64-58(49)82/h3-22,44-52,70-77H,1-2H3,(H,62,80)(H,63,79)(H,64,82)(H,65,83)(H,66,78)(H,67,81)/t44-,45+,46-,47?,48-,49-,50+,51-,52-/m1/s1. The van der Waals surface area contributed by atoms with Gasteiger partial charge < -0.3 is 91.7 Å². The predicted octanol–water partition coefficient (Wildman–Crippen LogP) is 4.92. The molecule has 6 aliphatic rings. The Balaban J connectivity index is 1.14. The zero-order chi connectivity index (χ0) is 62.6. The van der Waals surface area contributed by atoms with Crippen LogP contribution in [-0.4, -0.2) is 101 Å². The van der Waals surface area contributed by atoms with Crippen molar-refractivity contribution in [1.29, 1.82) is 0 Å². The van der Waals surface area contributed by atoms with Gasteiger partial charge in [0.05, 0.1) is 7.11 Å². The SMILES string of the molecule is COC(=O)[C@@H]1NC(=O)[C@H]2NC(=O)[C@H](NC(=O)[C@@H]3NC(=O)[C@H]4NC(=O)[C@H](NC(=O)C(N=[N+]=[N-])c5ccc(O)c(c5)Oc5cc4cc(O)c5C)[C@H](O)c4ccc(cc4)Oc4cc3cc(c4O)Oc3ccc(cc3)[C@H]2O)c2ccc(O)c(c2)-c2c(O)cc(O)cc21. The number of azide groups is 1. The van der Waals surface area contributed by atoms with Crippen molar-refractivity contribution >= 4 is 41.4 Å². The van der Waals surface area contributed by atoms with Crippen molar-refractivity contribution in [2.45, 2.75) is 61.4 Å². The van der Waals surface area contributed by atoms with Crippen LogP contribution in [-0.2, 0) is 38.3 Å². The molecule has 0 saturated carbocycles. The Kier molecular flexibility index (Phi) is 15.2. The van der Waals surface area contributed by atoms with E-state index in [-0.39, 0.29) is 73.1 Å². The summed E-state index contributed by atoms with van der Waals surface area (Å²) in [5, 5.41) is 111. The monoisotopic (exact) mass is 1200 g/mol. The van der Waals surface area contributed by atoms with Crippen molar-refractivity contribution < 1.29 is 93.4 Å². The van der Waals surface area contributed by atoms with Gasteiger partial charge in [-0.3, -0.25) is 28.8 Å². The fraction of sp³-hybridized carbons (Fsp3) is 0.183. The molecule has 6 heterocycles. The van der Waals surface area contributed by atoms with Gasteiger partial charge in [-0.2, -0.15) is 0 Å². The number of nitrogens with one attached hydrogen (secondary N) is 6. The zero-order valence-electron chi connectivity index (χ0n) is 45.7. The van der Waals surface area contributed by atoms with Gasteiger partial charge >= 0.3 is 5.97 Å². The fourth-order valence-electron chi connectivity index (χ4n) is 10.5. The molecule has 7 aromatic rings. The summed E-state index contributed by atoms with van der Waals surface area (Å²) in [5.41, 5.74) is 7.51. The van der Waals surface area contributed by atoms with Gasteiger partial charge in [0.15, 0.2) is 29.0 Å². The lowest BCUT2D eigenvalue weighted by Crippen LogP contribution is -2.55. The number of hydrogen-bond donors (Lipinski definition) is 14. The van der Waals surface area contributed by atoms with Crippen LogP contribution < -0.4 is 46.1 Å². The molecule has 88 heavy (non-hydrogen) atoms. The van der Waals surface area contributed by atoms with E-state index in [1.165, 1.54) is 67.6 Å². The maximum absolute atomic E-state index is 15.7. The van der Waals surface area contributed by atoms with E-state index in [2.05, 4.69) is 41.9 Å². The first-order chi connectivity index (χ1) is 42.1. The highest BCUT2D eigenvalue weighted by Gasteiger charge is 2.42. The Bertz CT molecular complexity index is 4140. The van der Waals surface area contributed by atoms with Crippen molar-refractivity contribution in [1.82, 2.24) is 31.9 Å². The lowest BCUT2D eigenvalue weighted by Gasteiger charge is -2.31. The number of fused-ring (bicyclic) bond motifs is 14. The molecular weight excluding hydrogens is 1150 g/mol. The van der Waals surface area contributed by atoms with Crippen LogP contribution in [0.25, 0.3) is 21.6 Å². The first-order valence-electron chi connectivity index (χ1n) is 26.6. The van der Waals surface area contributed by atoms with Gasteiger partial charge in [-0.1, -0.05) is 41.5 Å². The summed E-state index contributed by atoms with van der Waals surface area (Å²) in [6.45, 7) is 1.39. The number of esters is 1. The summed E-state index contributed by atoms with van der Waals surface area (Å²) in [6, 6.07) is 9.06. The van der Waals surface area contributed by atoms with E-state index >= 15 is 19.2 Å². The first-order valence-corrected chi connectivity index (χ1v) is 26.6. The van der Waals surface area contributed by atoms with Crippen LogP contribution in [0, 0.1) is 6.92 Å². The summed E-state index contributed by atoms with van der Waals surface area (Å²) < 4.78 is 23.5. The number of ether oxygens (including phenoxy) is 4. The molecule has 0 radical (unpaired) electrons. The number of benzene rings is 7. The van der Waals surface area contributed by atoms with E-state index in [9.17, 15) is 60.8 Å². The number of aliphatic hydroxyl groups excluding tert-OH is 2. The molecule has 28 nitrogen and oxygen atoms in total. The van der Waals surface area contributed by atoms with E-state index in [1.54, 1.807) is 0 Å². The molecule has 0 saturated heterocycles. The van der Waals surface area contributed by atoms with E-state index in [1.807, 2.05) is 0 Å². The molecule has 17 bridgehead atoms. The molecule has 14 N–H and O–H groups in total. The van der Waals surface area contributed by atoms with Gasteiger partial charge in [-0.05, 0) is 125 Å². The second-order valence-electron chi connectivity index (χ2n) is 20.7. The van der Waals surface area contributed by atoms with Gasteiger partial charge in [0.2, 0.25) is 41.2 Å². The van der Waals surface area contributed by atoms with Gasteiger partial charge in [-0.15, -0.1) is 0 Å². The first kappa shape index (κ1) is 58.1. The largest absolute Gasteiger partial charge is 0.508 e. The number of hydrogen-bond acceptors (Lipinski definition) is 20. The number of aromatic hydroxyl groups is 6. The van der Waals surface area contributed by atoms with E-state index in [0.29, 0.717) is 0 Å². The van der Waals surface area contributed by atoms with Crippen molar-refractivity contribution in [2.24, 2.45) is 5.11 Å². The number of carbonyl (C=O) groups is 7. The van der Waals surface area contributed by atoms with Gasteiger partial charge in [0.25, 0.3) is 0 Å². The van der Waals surface area contributed by atoms with Crippen LogP contribution in [0.2, 0.25) is 0 Å². The van der Waals surface area contributed by atoms with Gasteiger partial charge in [0, 0.05) is 33.2 Å². The Labute approximate surface area is 495 Å². The van der Waals surface area contributed by atoms with Crippen molar-refractivity contribution in [3.63, 3.8) is 0 Å². The van der Waals surface area contributed by atoms with Crippen LogP contribution in [0.4, 0.5) is 0 Å².